The standard InChI is InChI=1S/C22H19N3O4/c26-20(23-16-11-12-16)14-7-9-15(10-8-14)24-21(27)17-4-1-2-5-18(17)25-22(28)19-6-3-13-29-19/h1-10,13,16H,11-12H2,(H,23,26)(H,24,27)(H,25,28). The first-order valence-electron chi connectivity index (χ1n) is 9.26. The fourth-order valence-corrected chi connectivity index (χ4v) is 2.78. The maximum Gasteiger partial charge on any atom is 0.291 e. The third kappa shape index (κ3) is 4.52. The zero-order valence-electron chi connectivity index (χ0n) is 15.5. The van der Waals surface area contributed by atoms with Gasteiger partial charge in [0, 0.05) is 17.3 Å². The highest BCUT2D eigenvalue weighted by Crippen LogP contribution is 2.21. The number of furan rings is 1. The molecule has 1 saturated carbocycles. The Hall–Kier alpha value is -3.87. The monoisotopic (exact) mass is 389 g/mol. The third-order valence-corrected chi connectivity index (χ3v) is 4.48. The summed E-state index contributed by atoms with van der Waals surface area (Å²) < 4.78 is 5.08. The van der Waals surface area contributed by atoms with Gasteiger partial charge < -0.3 is 20.4 Å². The number of hydrogen-bond donors (Lipinski definition) is 3. The summed E-state index contributed by atoms with van der Waals surface area (Å²) in [5.41, 5.74) is 1.76. The van der Waals surface area contributed by atoms with Crippen LogP contribution in [0.4, 0.5) is 11.4 Å². The summed E-state index contributed by atoms with van der Waals surface area (Å²) in [6, 6.07) is 16.8. The number of carbonyl (C=O) groups is 3. The number of anilines is 2. The molecule has 1 aliphatic rings. The molecule has 2 aromatic carbocycles. The number of hydrogen-bond acceptors (Lipinski definition) is 4. The second-order valence-corrected chi connectivity index (χ2v) is 6.76. The Morgan fingerprint density at radius 2 is 1.55 bits per heavy atom. The summed E-state index contributed by atoms with van der Waals surface area (Å²) in [5, 5.41) is 8.38. The summed E-state index contributed by atoms with van der Waals surface area (Å²) in [5.74, 6) is -0.784. The molecule has 29 heavy (non-hydrogen) atoms. The Kier molecular flexibility index (Phi) is 5.11. The van der Waals surface area contributed by atoms with Gasteiger partial charge in [0.2, 0.25) is 0 Å². The molecule has 0 bridgehead atoms. The third-order valence-electron chi connectivity index (χ3n) is 4.48. The minimum Gasteiger partial charge on any atom is -0.459 e. The predicted molar refractivity (Wildman–Crippen MR) is 108 cm³/mol. The van der Waals surface area contributed by atoms with Crippen LogP contribution in [0.5, 0.6) is 0 Å². The van der Waals surface area contributed by atoms with Gasteiger partial charge >= 0.3 is 0 Å². The van der Waals surface area contributed by atoms with E-state index in [1.807, 2.05) is 0 Å². The number of amides is 3. The van der Waals surface area contributed by atoms with Crippen LogP contribution >= 0.6 is 0 Å². The molecule has 0 radical (unpaired) electrons. The van der Waals surface area contributed by atoms with Crippen LogP contribution < -0.4 is 16.0 Å². The molecule has 1 fully saturated rings. The average Bonchev–Trinajstić information content (AvgIpc) is 3.37. The van der Waals surface area contributed by atoms with Crippen LogP contribution in [-0.2, 0) is 0 Å². The molecule has 0 unspecified atom stereocenters. The lowest BCUT2D eigenvalue weighted by Crippen LogP contribution is -2.25. The lowest BCUT2D eigenvalue weighted by molar-refractivity contribution is 0.0949. The molecule has 3 amide bonds. The van der Waals surface area contributed by atoms with Crippen LogP contribution in [0.15, 0.2) is 71.3 Å². The molecule has 0 spiro atoms. The fraction of sp³-hybridized carbons (Fsp3) is 0.136. The number of rotatable bonds is 6. The molecule has 1 aromatic heterocycles. The molecule has 7 heteroatoms. The Labute approximate surface area is 167 Å². The highest BCUT2D eigenvalue weighted by molar-refractivity contribution is 6.12. The van der Waals surface area contributed by atoms with E-state index in [9.17, 15) is 14.4 Å². The smallest absolute Gasteiger partial charge is 0.291 e. The molecule has 146 valence electrons. The van der Waals surface area contributed by atoms with E-state index in [0.717, 1.165) is 12.8 Å². The van der Waals surface area contributed by atoms with Crippen LogP contribution in [-0.4, -0.2) is 23.8 Å². The van der Waals surface area contributed by atoms with Crippen molar-refractivity contribution in [2.75, 3.05) is 10.6 Å². The van der Waals surface area contributed by atoms with Crippen molar-refractivity contribution >= 4 is 29.1 Å². The van der Waals surface area contributed by atoms with Crippen LogP contribution in [0.1, 0.15) is 44.1 Å². The fourth-order valence-electron chi connectivity index (χ4n) is 2.78. The minimum absolute atomic E-state index is 0.114. The minimum atomic E-state index is -0.443. The first-order valence-corrected chi connectivity index (χ1v) is 9.26. The summed E-state index contributed by atoms with van der Waals surface area (Å²) in [7, 11) is 0. The summed E-state index contributed by atoms with van der Waals surface area (Å²) in [4.78, 5) is 37.0. The van der Waals surface area contributed by atoms with Gasteiger partial charge in [-0.2, -0.15) is 0 Å². The van der Waals surface area contributed by atoms with Crippen molar-refractivity contribution in [3.8, 4) is 0 Å². The van der Waals surface area contributed by atoms with Crippen molar-refractivity contribution < 1.29 is 18.8 Å². The average molecular weight is 389 g/mol. The summed E-state index contributed by atoms with van der Waals surface area (Å²) in [6.07, 6.45) is 3.45. The van der Waals surface area contributed by atoms with Gasteiger partial charge in [-0.05, 0) is 61.4 Å². The zero-order valence-corrected chi connectivity index (χ0v) is 15.5. The van der Waals surface area contributed by atoms with E-state index in [4.69, 9.17) is 4.42 Å². The van der Waals surface area contributed by atoms with E-state index in [2.05, 4.69) is 16.0 Å². The first-order chi connectivity index (χ1) is 14.1. The van der Waals surface area contributed by atoms with Crippen molar-refractivity contribution in [2.45, 2.75) is 18.9 Å². The highest BCUT2D eigenvalue weighted by atomic mass is 16.3. The number of nitrogens with one attached hydrogen (secondary N) is 3. The molecule has 0 atom stereocenters. The quantitative estimate of drug-likeness (QED) is 0.599. The molecule has 1 heterocycles. The van der Waals surface area contributed by atoms with E-state index >= 15 is 0 Å². The molecule has 7 nitrogen and oxygen atoms in total. The van der Waals surface area contributed by atoms with Gasteiger partial charge in [-0.1, -0.05) is 12.1 Å². The molecule has 4 rings (SSSR count). The van der Waals surface area contributed by atoms with Gasteiger partial charge in [-0.3, -0.25) is 14.4 Å². The molecule has 0 aliphatic heterocycles. The summed E-state index contributed by atoms with van der Waals surface area (Å²) in [6.45, 7) is 0. The van der Waals surface area contributed by atoms with Crippen LogP contribution in [0.2, 0.25) is 0 Å². The molecular formula is C22H19N3O4. The van der Waals surface area contributed by atoms with E-state index in [1.54, 1.807) is 60.7 Å². The molecular weight excluding hydrogens is 370 g/mol. The van der Waals surface area contributed by atoms with Crippen LogP contribution in [0, 0.1) is 0 Å². The van der Waals surface area contributed by atoms with Gasteiger partial charge in [-0.25, -0.2) is 0 Å². The lowest BCUT2D eigenvalue weighted by atomic mass is 10.1. The summed E-state index contributed by atoms with van der Waals surface area (Å²) >= 11 is 0. The van der Waals surface area contributed by atoms with E-state index in [1.165, 1.54) is 6.26 Å². The second-order valence-electron chi connectivity index (χ2n) is 6.76. The van der Waals surface area contributed by atoms with Crippen molar-refractivity contribution in [1.82, 2.24) is 5.32 Å². The lowest BCUT2D eigenvalue weighted by Gasteiger charge is -2.11. The maximum atomic E-state index is 12.7. The predicted octanol–water partition coefficient (Wildman–Crippen LogP) is 3.68. The second kappa shape index (κ2) is 8.02. The van der Waals surface area contributed by atoms with Crippen molar-refractivity contribution in [2.24, 2.45) is 0 Å². The van der Waals surface area contributed by atoms with Gasteiger partial charge in [-0.15, -0.1) is 0 Å². The maximum absolute atomic E-state index is 12.7. The molecule has 1 aliphatic carbocycles. The molecule has 3 N–H and O–H groups in total. The highest BCUT2D eigenvalue weighted by Gasteiger charge is 2.23. The van der Waals surface area contributed by atoms with Crippen LogP contribution in [0.3, 0.4) is 0 Å². The van der Waals surface area contributed by atoms with Gasteiger partial charge in [0.15, 0.2) is 5.76 Å². The van der Waals surface area contributed by atoms with Gasteiger partial charge in [0.1, 0.15) is 0 Å². The first kappa shape index (κ1) is 18.5. The van der Waals surface area contributed by atoms with Crippen molar-refractivity contribution in [3.63, 3.8) is 0 Å². The Balaban J connectivity index is 1.44. The number of para-hydroxylation sites is 1. The molecule has 3 aromatic rings. The van der Waals surface area contributed by atoms with Crippen molar-refractivity contribution in [3.05, 3.63) is 83.8 Å². The Morgan fingerprint density at radius 1 is 0.793 bits per heavy atom. The van der Waals surface area contributed by atoms with E-state index < -0.39 is 5.91 Å². The topological polar surface area (TPSA) is 100 Å². The van der Waals surface area contributed by atoms with E-state index in [0.29, 0.717) is 22.5 Å². The van der Waals surface area contributed by atoms with Crippen LogP contribution in [0.25, 0.3) is 0 Å². The molecule has 0 saturated heterocycles. The zero-order chi connectivity index (χ0) is 20.2. The van der Waals surface area contributed by atoms with Gasteiger partial charge in [0.25, 0.3) is 17.7 Å². The largest absolute Gasteiger partial charge is 0.459 e. The number of carbonyl (C=O) groups excluding carboxylic acids is 3. The number of benzene rings is 2. The normalized spacial score (nSPS) is 12.8. The Morgan fingerprint density at radius 3 is 2.24 bits per heavy atom. The SMILES string of the molecule is O=C(NC1CC1)c1ccc(NC(=O)c2ccccc2NC(=O)c2ccco2)cc1. The Bertz CT molecular complexity index is 1040. The van der Waals surface area contributed by atoms with E-state index in [-0.39, 0.29) is 23.6 Å². The van der Waals surface area contributed by atoms with Crippen molar-refractivity contribution in [1.29, 1.82) is 0 Å². The van der Waals surface area contributed by atoms with Gasteiger partial charge in [0.05, 0.1) is 17.5 Å².